The fraction of sp³-hybridized carbons (Fsp3) is 0.167. The molecule has 82 valence electrons. The number of anilines is 2. The average Bonchev–Trinajstić information content (AvgIpc) is 2.33. The third-order valence-corrected chi connectivity index (χ3v) is 2.26. The van der Waals surface area contributed by atoms with Crippen molar-refractivity contribution in [1.29, 1.82) is 0 Å². The van der Waals surface area contributed by atoms with Crippen molar-refractivity contribution in [3.05, 3.63) is 48.4 Å². The van der Waals surface area contributed by atoms with Gasteiger partial charge in [0, 0.05) is 18.9 Å². The molecule has 2 aromatic rings. The van der Waals surface area contributed by atoms with E-state index in [0.29, 0.717) is 5.69 Å². The van der Waals surface area contributed by atoms with Gasteiger partial charge in [-0.25, -0.2) is 4.98 Å². The molecule has 0 unspecified atom stereocenters. The van der Waals surface area contributed by atoms with Crippen LogP contribution in [-0.2, 0) is 6.42 Å². The Bertz CT molecular complexity index is 425. The van der Waals surface area contributed by atoms with E-state index >= 15 is 0 Å². The molecule has 16 heavy (non-hydrogen) atoms. The van der Waals surface area contributed by atoms with Crippen LogP contribution in [0.1, 0.15) is 5.56 Å². The van der Waals surface area contributed by atoms with E-state index < -0.39 is 0 Å². The molecule has 2 heterocycles. The number of nitrogens with zero attached hydrogens (tertiary/aromatic N) is 2. The summed E-state index contributed by atoms with van der Waals surface area (Å²) in [6.07, 6.45) is 6.21. The number of nitrogen functional groups attached to an aromatic ring is 1. The number of nitrogens with one attached hydrogen (secondary N) is 1. The molecule has 0 aromatic carbocycles. The first kappa shape index (κ1) is 10.4. The van der Waals surface area contributed by atoms with Crippen LogP contribution in [0.25, 0.3) is 0 Å². The maximum Gasteiger partial charge on any atom is 0.126 e. The average molecular weight is 214 g/mol. The second-order valence-electron chi connectivity index (χ2n) is 3.51. The Labute approximate surface area is 94.5 Å². The van der Waals surface area contributed by atoms with Crippen molar-refractivity contribution in [2.45, 2.75) is 6.42 Å². The van der Waals surface area contributed by atoms with Crippen molar-refractivity contribution in [3.63, 3.8) is 0 Å². The zero-order chi connectivity index (χ0) is 11.2. The van der Waals surface area contributed by atoms with Crippen molar-refractivity contribution in [1.82, 2.24) is 9.97 Å². The van der Waals surface area contributed by atoms with E-state index in [0.717, 1.165) is 18.8 Å². The van der Waals surface area contributed by atoms with Gasteiger partial charge in [0.25, 0.3) is 0 Å². The molecule has 0 aliphatic rings. The second-order valence-corrected chi connectivity index (χ2v) is 3.51. The number of rotatable bonds is 4. The highest BCUT2D eigenvalue weighted by Gasteiger charge is 1.94. The smallest absolute Gasteiger partial charge is 0.126 e. The summed E-state index contributed by atoms with van der Waals surface area (Å²) in [6, 6.07) is 7.74. The molecule has 0 saturated heterocycles. The lowest BCUT2D eigenvalue weighted by molar-refractivity contribution is 1.00. The molecule has 0 radical (unpaired) electrons. The van der Waals surface area contributed by atoms with E-state index in [1.165, 1.54) is 5.56 Å². The maximum atomic E-state index is 5.55. The lowest BCUT2D eigenvalue weighted by atomic mass is 10.2. The van der Waals surface area contributed by atoms with Crippen LogP contribution in [-0.4, -0.2) is 16.5 Å². The van der Waals surface area contributed by atoms with E-state index in [4.69, 9.17) is 5.73 Å². The zero-order valence-electron chi connectivity index (χ0n) is 8.93. The summed E-state index contributed by atoms with van der Waals surface area (Å²) in [4.78, 5) is 8.14. The summed E-state index contributed by atoms with van der Waals surface area (Å²) in [5.74, 6) is 0.850. The molecular weight excluding hydrogens is 200 g/mol. The van der Waals surface area contributed by atoms with Gasteiger partial charge in [0.1, 0.15) is 5.82 Å². The molecule has 0 bridgehead atoms. The van der Waals surface area contributed by atoms with E-state index in [-0.39, 0.29) is 0 Å². The van der Waals surface area contributed by atoms with Crippen LogP contribution in [0.4, 0.5) is 11.5 Å². The second kappa shape index (κ2) is 5.11. The fourth-order valence-electron chi connectivity index (χ4n) is 1.39. The Morgan fingerprint density at radius 3 is 2.62 bits per heavy atom. The summed E-state index contributed by atoms with van der Waals surface area (Å²) in [5, 5.41) is 3.23. The van der Waals surface area contributed by atoms with Crippen LogP contribution in [0.15, 0.2) is 42.9 Å². The first-order chi connectivity index (χ1) is 7.84. The molecule has 0 atom stereocenters. The van der Waals surface area contributed by atoms with Gasteiger partial charge < -0.3 is 11.1 Å². The highest BCUT2D eigenvalue weighted by molar-refractivity contribution is 5.43. The molecule has 2 rings (SSSR count). The zero-order valence-corrected chi connectivity index (χ0v) is 8.93. The first-order valence-electron chi connectivity index (χ1n) is 5.19. The predicted molar refractivity (Wildman–Crippen MR) is 65.1 cm³/mol. The summed E-state index contributed by atoms with van der Waals surface area (Å²) in [5.41, 5.74) is 7.49. The Morgan fingerprint density at radius 2 is 1.94 bits per heavy atom. The van der Waals surface area contributed by atoms with E-state index in [1.807, 2.05) is 24.3 Å². The lowest BCUT2D eigenvalue weighted by Gasteiger charge is -2.05. The van der Waals surface area contributed by atoms with Crippen molar-refractivity contribution in [3.8, 4) is 0 Å². The van der Waals surface area contributed by atoms with Crippen molar-refractivity contribution >= 4 is 11.5 Å². The number of nitrogens with two attached hydrogens (primary N) is 1. The Kier molecular flexibility index (Phi) is 3.33. The van der Waals surface area contributed by atoms with Crippen LogP contribution in [0.3, 0.4) is 0 Å². The number of hydrogen-bond donors (Lipinski definition) is 2. The van der Waals surface area contributed by atoms with Crippen LogP contribution in [0.2, 0.25) is 0 Å². The van der Waals surface area contributed by atoms with Gasteiger partial charge in [-0.2, -0.15) is 0 Å². The van der Waals surface area contributed by atoms with Gasteiger partial charge in [-0.15, -0.1) is 0 Å². The predicted octanol–water partition coefficient (Wildman–Crippen LogP) is 1.71. The Morgan fingerprint density at radius 1 is 1.12 bits per heavy atom. The molecule has 0 saturated carbocycles. The van der Waals surface area contributed by atoms with Crippen LogP contribution < -0.4 is 11.1 Å². The van der Waals surface area contributed by atoms with Gasteiger partial charge in [0.15, 0.2) is 0 Å². The number of pyridine rings is 2. The van der Waals surface area contributed by atoms with Gasteiger partial charge in [-0.3, -0.25) is 4.98 Å². The first-order valence-corrected chi connectivity index (χ1v) is 5.19. The molecule has 0 spiro atoms. The minimum atomic E-state index is 0.680. The van der Waals surface area contributed by atoms with Gasteiger partial charge >= 0.3 is 0 Å². The number of aromatic nitrogens is 2. The van der Waals surface area contributed by atoms with Crippen molar-refractivity contribution in [2.75, 3.05) is 17.6 Å². The van der Waals surface area contributed by atoms with Gasteiger partial charge in [0.2, 0.25) is 0 Å². The maximum absolute atomic E-state index is 5.55. The summed E-state index contributed by atoms with van der Waals surface area (Å²) >= 11 is 0. The molecule has 4 heteroatoms. The summed E-state index contributed by atoms with van der Waals surface area (Å²) < 4.78 is 0. The van der Waals surface area contributed by atoms with Gasteiger partial charge in [-0.05, 0) is 36.2 Å². The third-order valence-electron chi connectivity index (χ3n) is 2.26. The largest absolute Gasteiger partial charge is 0.397 e. The molecule has 2 aromatic heterocycles. The minimum Gasteiger partial charge on any atom is -0.397 e. The van der Waals surface area contributed by atoms with Crippen LogP contribution in [0, 0.1) is 0 Å². The Hall–Kier alpha value is -2.10. The van der Waals surface area contributed by atoms with Gasteiger partial charge in [-0.1, -0.05) is 0 Å². The molecule has 0 fully saturated rings. The van der Waals surface area contributed by atoms with E-state index in [2.05, 4.69) is 15.3 Å². The normalized spacial score (nSPS) is 10.0. The quantitative estimate of drug-likeness (QED) is 0.813. The lowest BCUT2D eigenvalue weighted by Crippen LogP contribution is -2.06. The van der Waals surface area contributed by atoms with Crippen LogP contribution in [0.5, 0.6) is 0 Å². The Balaban J connectivity index is 1.82. The third kappa shape index (κ3) is 2.95. The minimum absolute atomic E-state index is 0.680. The SMILES string of the molecule is Nc1ccc(NCCc2ccncc2)nc1. The number of hydrogen-bond acceptors (Lipinski definition) is 4. The molecule has 0 amide bonds. The van der Waals surface area contributed by atoms with E-state index in [1.54, 1.807) is 18.6 Å². The van der Waals surface area contributed by atoms with Crippen molar-refractivity contribution in [2.24, 2.45) is 0 Å². The topological polar surface area (TPSA) is 63.8 Å². The highest BCUT2D eigenvalue weighted by Crippen LogP contribution is 2.06. The molecule has 0 aliphatic carbocycles. The van der Waals surface area contributed by atoms with Gasteiger partial charge in [0.05, 0.1) is 11.9 Å². The van der Waals surface area contributed by atoms with E-state index in [9.17, 15) is 0 Å². The molecule has 0 aliphatic heterocycles. The molecule has 3 N–H and O–H groups in total. The van der Waals surface area contributed by atoms with Crippen LogP contribution >= 0.6 is 0 Å². The van der Waals surface area contributed by atoms with Crippen molar-refractivity contribution < 1.29 is 0 Å². The highest BCUT2D eigenvalue weighted by atomic mass is 15.0. The molecular formula is C12H14N4. The standard InChI is InChI=1S/C12H14N4/c13-11-1-2-12(16-9-11)15-8-5-10-3-6-14-7-4-10/h1-4,6-7,9H,5,8,13H2,(H,15,16). The fourth-order valence-corrected chi connectivity index (χ4v) is 1.39. The monoisotopic (exact) mass is 214 g/mol. The summed E-state index contributed by atoms with van der Waals surface area (Å²) in [7, 11) is 0. The molecule has 4 nitrogen and oxygen atoms in total. The summed E-state index contributed by atoms with van der Waals surface area (Å²) in [6.45, 7) is 0.848.